The van der Waals surface area contributed by atoms with Crippen molar-refractivity contribution in [3.05, 3.63) is 35.4 Å². The van der Waals surface area contributed by atoms with Gasteiger partial charge in [0.05, 0.1) is 42.7 Å². The van der Waals surface area contributed by atoms with E-state index >= 15 is 0 Å². The first-order valence-corrected chi connectivity index (χ1v) is 12.2. The lowest BCUT2D eigenvalue weighted by Gasteiger charge is -2.19. The van der Waals surface area contributed by atoms with E-state index in [1.165, 1.54) is 66.9 Å². The van der Waals surface area contributed by atoms with Gasteiger partial charge in [-0.15, -0.1) is 0 Å². The number of benzene rings is 2. The van der Waals surface area contributed by atoms with Gasteiger partial charge in [0.2, 0.25) is 11.5 Å². The van der Waals surface area contributed by atoms with Crippen LogP contribution in [0, 0.1) is 0 Å². The van der Waals surface area contributed by atoms with Gasteiger partial charge in [-0.25, -0.2) is 0 Å². The number of nitrogens with one attached hydrogen (secondary N) is 4. The Morgan fingerprint density at radius 3 is 1.36 bits per heavy atom. The number of amides is 2. The second kappa shape index (κ2) is 14.8. The van der Waals surface area contributed by atoms with E-state index < -0.39 is 11.8 Å². The highest BCUT2D eigenvalue weighted by molar-refractivity contribution is 7.80. The summed E-state index contributed by atoms with van der Waals surface area (Å²) in [6, 6.07) is 5.78. The highest BCUT2D eigenvalue weighted by Gasteiger charge is 2.19. The SMILES string of the molecule is COc1cc(C(=O)NC(=S)NC[C@@H](C)NC(=S)NC(=O)c2cc(OC)c(OC)c(OC)c2)cc(OC)c1OC. The zero-order valence-corrected chi connectivity index (χ0v) is 24.3. The van der Waals surface area contributed by atoms with Gasteiger partial charge in [-0.2, -0.15) is 0 Å². The molecule has 39 heavy (non-hydrogen) atoms. The van der Waals surface area contributed by atoms with E-state index in [1.807, 2.05) is 6.92 Å². The van der Waals surface area contributed by atoms with Crippen molar-refractivity contribution < 1.29 is 38.0 Å². The molecule has 0 heterocycles. The second-order valence-corrected chi connectivity index (χ2v) is 8.64. The van der Waals surface area contributed by atoms with E-state index in [4.69, 9.17) is 52.9 Å². The van der Waals surface area contributed by atoms with E-state index in [0.29, 0.717) is 34.5 Å². The Labute approximate surface area is 237 Å². The maximum absolute atomic E-state index is 12.7. The Balaban J connectivity index is 1.92. The molecule has 0 saturated carbocycles. The van der Waals surface area contributed by atoms with Crippen molar-refractivity contribution in [1.82, 2.24) is 21.3 Å². The van der Waals surface area contributed by atoms with Crippen molar-refractivity contribution in [2.75, 3.05) is 49.2 Å². The summed E-state index contributed by atoms with van der Waals surface area (Å²) in [7, 11) is 8.76. The molecule has 2 aromatic rings. The third kappa shape index (κ3) is 8.22. The molecular formula is C25H32N4O8S2. The molecule has 0 radical (unpaired) electrons. The molecule has 2 aromatic carbocycles. The fraction of sp³-hybridized carbons (Fsp3) is 0.360. The minimum atomic E-state index is -0.472. The Hall–Kier alpha value is -4.04. The summed E-state index contributed by atoms with van der Waals surface area (Å²) in [6.45, 7) is 2.10. The van der Waals surface area contributed by atoms with Crippen LogP contribution in [0.2, 0.25) is 0 Å². The van der Waals surface area contributed by atoms with Gasteiger partial charge in [-0.1, -0.05) is 0 Å². The summed E-state index contributed by atoms with van der Waals surface area (Å²) >= 11 is 10.5. The first-order chi connectivity index (χ1) is 18.6. The second-order valence-electron chi connectivity index (χ2n) is 7.82. The molecule has 0 bridgehead atoms. The molecule has 4 N–H and O–H groups in total. The molecule has 0 saturated heterocycles. The highest BCUT2D eigenvalue weighted by atomic mass is 32.1. The van der Waals surface area contributed by atoms with Crippen molar-refractivity contribution in [3.63, 3.8) is 0 Å². The van der Waals surface area contributed by atoms with Crippen LogP contribution in [0.15, 0.2) is 24.3 Å². The molecule has 0 aliphatic rings. The molecule has 12 nitrogen and oxygen atoms in total. The Morgan fingerprint density at radius 1 is 0.667 bits per heavy atom. The van der Waals surface area contributed by atoms with Crippen LogP contribution in [-0.4, -0.2) is 77.3 Å². The van der Waals surface area contributed by atoms with Gasteiger partial charge in [-0.05, 0) is 55.6 Å². The largest absolute Gasteiger partial charge is 0.493 e. The van der Waals surface area contributed by atoms with Crippen LogP contribution in [0.5, 0.6) is 34.5 Å². The molecule has 2 amide bonds. The fourth-order valence-electron chi connectivity index (χ4n) is 3.38. The predicted octanol–water partition coefficient (Wildman–Crippen LogP) is 2.04. The van der Waals surface area contributed by atoms with Crippen molar-refractivity contribution in [2.24, 2.45) is 0 Å². The van der Waals surface area contributed by atoms with E-state index in [-0.39, 0.29) is 33.9 Å². The monoisotopic (exact) mass is 580 g/mol. The lowest BCUT2D eigenvalue weighted by atomic mass is 10.1. The van der Waals surface area contributed by atoms with Gasteiger partial charge < -0.3 is 39.1 Å². The zero-order valence-electron chi connectivity index (χ0n) is 22.7. The lowest BCUT2D eigenvalue weighted by Crippen LogP contribution is -2.49. The predicted molar refractivity (Wildman–Crippen MR) is 153 cm³/mol. The summed E-state index contributed by atoms with van der Waals surface area (Å²) in [6.07, 6.45) is 0. The number of ether oxygens (including phenoxy) is 6. The Kier molecular flexibility index (Phi) is 11.8. The van der Waals surface area contributed by atoms with Gasteiger partial charge in [-0.3, -0.25) is 20.2 Å². The highest BCUT2D eigenvalue weighted by Crippen LogP contribution is 2.39. The molecule has 1 atom stereocenters. The number of carbonyl (C=O) groups is 2. The van der Waals surface area contributed by atoms with Gasteiger partial charge in [0, 0.05) is 23.7 Å². The molecule has 0 aliphatic carbocycles. The van der Waals surface area contributed by atoms with Crippen LogP contribution in [-0.2, 0) is 0 Å². The van der Waals surface area contributed by atoms with Crippen molar-refractivity contribution in [2.45, 2.75) is 13.0 Å². The number of thiocarbonyl (C=S) groups is 2. The molecule has 2 rings (SSSR count). The van der Waals surface area contributed by atoms with Crippen LogP contribution in [0.4, 0.5) is 0 Å². The lowest BCUT2D eigenvalue weighted by molar-refractivity contribution is 0.0967. The molecule has 0 fully saturated rings. The normalized spacial score (nSPS) is 10.8. The molecule has 14 heteroatoms. The standard InChI is InChI=1S/C25H32N4O8S2/c1-13(27-25(39)29-23(31)15-10-18(34-4)21(37-7)19(11-15)35-5)12-26-24(38)28-22(30)14-8-16(32-2)20(36-6)17(9-14)33-3/h8-11,13H,12H2,1-7H3,(H2,26,28,30,38)(H2,27,29,31,39)/t13-/m1/s1. The molecular weight excluding hydrogens is 548 g/mol. The van der Waals surface area contributed by atoms with Gasteiger partial charge in [0.1, 0.15) is 0 Å². The zero-order chi connectivity index (χ0) is 29.1. The number of methoxy groups -OCH3 is 6. The Morgan fingerprint density at radius 2 is 1.03 bits per heavy atom. The van der Waals surface area contributed by atoms with Crippen molar-refractivity contribution in [3.8, 4) is 34.5 Å². The molecule has 0 spiro atoms. The number of carbonyl (C=O) groups excluding carboxylic acids is 2. The maximum Gasteiger partial charge on any atom is 0.257 e. The van der Waals surface area contributed by atoms with E-state index in [9.17, 15) is 9.59 Å². The summed E-state index contributed by atoms with van der Waals surface area (Å²) < 4.78 is 31.7. The summed E-state index contributed by atoms with van der Waals surface area (Å²) in [5.74, 6) is 1.12. The van der Waals surface area contributed by atoms with E-state index in [1.54, 1.807) is 0 Å². The maximum atomic E-state index is 12.7. The van der Waals surface area contributed by atoms with Crippen LogP contribution in [0.1, 0.15) is 27.6 Å². The third-order valence-electron chi connectivity index (χ3n) is 5.25. The first kappa shape index (κ1) is 31.2. The average molecular weight is 581 g/mol. The first-order valence-electron chi connectivity index (χ1n) is 11.4. The Bertz CT molecular complexity index is 1170. The van der Waals surface area contributed by atoms with Gasteiger partial charge in [0.15, 0.2) is 33.2 Å². The molecule has 0 unspecified atom stereocenters. The van der Waals surface area contributed by atoms with Crippen LogP contribution < -0.4 is 49.7 Å². The number of hydrogen-bond acceptors (Lipinski definition) is 10. The minimum absolute atomic E-state index is 0.0924. The van der Waals surface area contributed by atoms with Crippen LogP contribution >= 0.6 is 24.4 Å². The fourth-order valence-corrected chi connectivity index (χ4v) is 3.85. The number of rotatable bonds is 11. The van der Waals surface area contributed by atoms with E-state index in [0.717, 1.165) is 0 Å². The smallest absolute Gasteiger partial charge is 0.257 e. The number of hydrogen-bond donors (Lipinski definition) is 4. The summed E-state index contributed by atoms with van der Waals surface area (Å²) in [5.41, 5.74) is 0.519. The van der Waals surface area contributed by atoms with Crippen LogP contribution in [0.25, 0.3) is 0 Å². The van der Waals surface area contributed by atoms with Gasteiger partial charge in [0.25, 0.3) is 11.8 Å². The van der Waals surface area contributed by atoms with Crippen molar-refractivity contribution in [1.29, 1.82) is 0 Å². The minimum Gasteiger partial charge on any atom is -0.493 e. The van der Waals surface area contributed by atoms with Crippen molar-refractivity contribution >= 4 is 46.5 Å². The molecule has 212 valence electrons. The van der Waals surface area contributed by atoms with Crippen LogP contribution in [0.3, 0.4) is 0 Å². The topological polar surface area (TPSA) is 138 Å². The summed E-state index contributed by atoms with van der Waals surface area (Å²) in [4.78, 5) is 25.4. The summed E-state index contributed by atoms with van der Waals surface area (Å²) in [5, 5.41) is 11.3. The van der Waals surface area contributed by atoms with Gasteiger partial charge >= 0.3 is 0 Å². The molecule has 0 aliphatic heterocycles. The molecule has 0 aromatic heterocycles. The third-order valence-corrected chi connectivity index (χ3v) is 5.72. The quantitative estimate of drug-likeness (QED) is 0.290. The van der Waals surface area contributed by atoms with E-state index in [2.05, 4.69) is 21.3 Å². The average Bonchev–Trinajstić information content (AvgIpc) is 2.93.